The molecule has 0 bridgehead atoms. The van der Waals surface area contributed by atoms with Crippen LogP contribution < -0.4 is 10.4 Å². The minimum absolute atomic E-state index is 0.295. The van der Waals surface area contributed by atoms with Crippen molar-refractivity contribution in [1.82, 2.24) is 0 Å². The van der Waals surface area contributed by atoms with E-state index in [0.717, 1.165) is 0 Å². The molecule has 0 unspecified atom stereocenters. The first-order valence-electron chi connectivity index (χ1n) is 10.8. The Bertz CT molecular complexity index is 1270. The Kier molecular flexibility index (Phi) is 4.24. The third kappa shape index (κ3) is 2.61. The van der Waals surface area contributed by atoms with E-state index in [0.29, 0.717) is 5.54 Å². The summed E-state index contributed by atoms with van der Waals surface area (Å²) in [5.41, 5.74) is 9.60. The van der Waals surface area contributed by atoms with Gasteiger partial charge in [-0.15, -0.1) is 5.73 Å². The molecule has 2 aliphatic rings. The lowest BCUT2D eigenvalue weighted by Crippen LogP contribution is -2.64. The van der Waals surface area contributed by atoms with E-state index in [1.807, 2.05) is 0 Å². The zero-order valence-electron chi connectivity index (χ0n) is 17.2. The standard InChI is InChI=1S/C30H22Si/c1-3-13-23(14-4-1)31(25-17-7-8-18-25,24-15-5-2-6-16-24)30-28-21-11-9-19-26(28)27-20-10-12-22-29(27)30/h1-17,19-22,30H. The predicted molar refractivity (Wildman–Crippen MR) is 132 cm³/mol. The van der Waals surface area contributed by atoms with Gasteiger partial charge in [-0.05, 0) is 43.9 Å². The molecule has 6 rings (SSSR count). The molecule has 0 aliphatic heterocycles. The minimum atomic E-state index is -2.50. The van der Waals surface area contributed by atoms with Gasteiger partial charge < -0.3 is 0 Å². The molecule has 0 nitrogen and oxygen atoms in total. The molecular weight excluding hydrogens is 388 g/mol. The van der Waals surface area contributed by atoms with E-state index in [1.54, 1.807) is 0 Å². The Morgan fingerprint density at radius 2 is 1.03 bits per heavy atom. The normalized spacial score (nSPS) is 14.4. The second kappa shape index (κ2) is 7.25. The van der Waals surface area contributed by atoms with E-state index in [-0.39, 0.29) is 0 Å². The summed E-state index contributed by atoms with van der Waals surface area (Å²) >= 11 is 0. The number of rotatable bonds is 4. The molecule has 1 heteroatoms. The van der Waals surface area contributed by atoms with Crippen LogP contribution in [0.1, 0.15) is 16.7 Å². The van der Waals surface area contributed by atoms with Crippen LogP contribution in [0.2, 0.25) is 0 Å². The predicted octanol–water partition coefficient (Wildman–Crippen LogP) is 5.79. The van der Waals surface area contributed by atoms with Gasteiger partial charge in [-0.3, -0.25) is 0 Å². The van der Waals surface area contributed by atoms with Crippen molar-refractivity contribution in [3.63, 3.8) is 0 Å². The summed E-state index contributed by atoms with van der Waals surface area (Å²) in [6.45, 7) is 0. The molecule has 4 aromatic rings. The second-order valence-corrected chi connectivity index (χ2v) is 12.1. The van der Waals surface area contributed by atoms with E-state index in [1.165, 1.54) is 37.8 Å². The third-order valence-electron chi connectivity index (χ3n) is 6.75. The molecule has 0 N–H and O–H groups in total. The monoisotopic (exact) mass is 410 g/mol. The van der Waals surface area contributed by atoms with E-state index < -0.39 is 8.07 Å². The molecule has 0 aromatic heterocycles. The van der Waals surface area contributed by atoms with Gasteiger partial charge in [-0.25, -0.2) is 0 Å². The van der Waals surface area contributed by atoms with Gasteiger partial charge in [0.2, 0.25) is 0 Å². The fraction of sp³-hybridized carbons (Fsp3) is 0.0333. The van der Waals surface area contributed by atoms with E-state index in [4.69, 9.17) is 0 Å². The number of hydrogen-bond donors (Lipinski definition) is 0. The Labute approximate surface area is 184 Å². The fourth-order valence-corrected chi connectivity index (χ4v) is 11.0. The van der Waals surface area contributed by atoms with Gasteiger partial charge in [0.25, 0.3) is 0 Å². The van der Waals surface area contributed by atoms with Crippen LogP contribution in [0.3, 0.4) is 0 Å². The van der Waals surface area contributed by atoms with Gasteiger partial charge >= 0.3 is 0 Å². The Hall–Kier alpha value is -3.64. The summed E-state index contributed by atoms with van der Waals surface area (Å²) in [6.07, 6.45) is 6.53. The van der Waals surface area contributed by atoms with Crippen molar-refractivity contribution >= 4 is 18.4 Å². The summed E-state index contributed by atoms with van der Waals surface area (Å²) in [4.78, 5) is 0. The molecule has 0 radical (unpaired) electrons. The average Bonchev–Trinajstić information content (AvgIpc) is 3.49. The van der Waals surface area contributed by atoms with Crippen molar-refractivity contribution in [2.75, 3.05) is 0 Å². The van der Waals surface area contributed by atoms with Gasteiger partial charge in [0.1, 0.15) is 0 Å². The number of hydrogen-bond acceptors (Lipinski definition) is 0. The molecule has 0 heterocycles. The topological polar surface area (TPSA) is 0 Å². The summed E-state index contributed by atoms with van der Waals surface area (Å²) in [5, 5.41) is 4.21. The second-order valence-electron chi connectivity index (χ2n) is 8.23. The van der Waals surface area contributed by atoms with Crippen LogP contribution in [0.4, 0.5) is 0 Å². The molecule has 0 saturated carbocycles. The highest BCUT2D eigenvalue weighted by Crippen LogP contribution is 2.50. The molecule has 0 atom stereocenters. The quantitative estimate of drug-likeness (QED) is 0.295. The maximum atomic E-state index is 3.68. The van der Waals surface area contributed by atoms with Gasteiger partial charge in [0.15, 0.2) is 8.07 Å². The molecule has 4 aromatic carbocycles. The lowest BCUT2D eigenvalue weighted by molar-refractivity contribution is 1.15. The molecule has 0 saturated heterocycles. The van der Waals surface area contributed by atoms with Crippen molar-refractivity contribution in [2.45, 2.75) is 5.54 Å². The largest absolute Gasteiger partial charge is 0.169 e. The lowest BCUT2D eigenvalue weighted by atomic mass is 10.1. The molecule has 0 fully saturated rings. The fourth-order valence-electron chi connectivity index (χ4n) is 5.57. The first-order chi connectivity index (χ1) is 15.4. The minimum Gasteiger partial charge on any atom is -0.121 e. The van der Waals surface area contributed by atoms with Crippen molar-refractivity contribution < 1.29 is 0 Å². The smallest absolute Gasteiger partial charge is 0.121 e. The van der Waals surface area contributed by atoms with E-state index in [9.17, 15) is 0 Å². The van der Waals surface area contributed by atoms with E-state index >= 15 is 0 Å². The maximum Gasteiger partial charge on any atom is 0.169 e. The lowest BCUT2D eigenvalue weighted by Gasteiger charge is -2.39. The summed E-state index contributed by atoms with van der Waals surface area (Å²) in [6, 6.07) is 40.4. The number of fused-ring (bicyclic) bond motifs is 3. The van der Waals surface area contributed by atoms with Crippen molar-refractivity contribution in [1.29, 1.82) is 0 Å². The molecule has 2 aliphatic carbocycles. The first-order valence-corrected chi connectivity index (χ1v) is 12.9. The average molecular weight is 411 g/mol. The van der Waals surface area contributed by atoms with Crippen LogP contribution in [0.25, 0.3) is 11.1 Å². The Balaban J connectivity index is 1.78. The van der Waals surface area contributed by atoms with Crippen LogP contribution in [0.5, 0.6) is 0 Å². The number of benzene rings is 4. The van der Waals surface area contributed by atoms with Crippen LogP contribution >= 0.6 is 0 Å². The maximum absolute atomic E-state index is 3.68. The molecule has 146 valence electrons. The molecular formula is C30H22Si. The van der Waals surface area contributed by atoms with Gasteiger partial charge in [-0.2, -0.15) is 0 Å². The highest BCUT2D eigenvalue weighted by molar-refractivity contribution is 7.09. The summed E-state index contributed by atoms with van der Waals surface area (Å²) < 4.78 is 0. The van der Waals surface area contributed by atoms with Crippen LogP contribution in [0, 0.1) is 0 Å². The molecule has 0 spiro atoms. The van der Waals surface area contributed by atoms with Crippen molar-refractivity contribution in [2.24, 2.45) is 0 Å². The number of allylic oxidation sites excluding steroid dienone is 3. The van der Waals surface area contributed by atoms with Gasteiger partial charge in [-0.1, -0.05) is 121 Å². The SMILES string of the molecule is C1=CC=CC=1[Si](c1ccccc1)(c1ccccc1)C1c2ccccc2-c2ccccc21. The molecule has 31 heavy (non-hydrogen) atoms. The van der Waals surface area contributed by atoms with Gasteiger partial charge in [0.05, 0.1) is 0 Å². The highest BCUT2D eigenvalue weighted by atomic mass is 28.3. The van der Waals surface area contributed by atoms with Crippen LogP contribution in [-0.4, -0.2) is 8.07 Å². The van der Waals surface area contributed by atoms with Crippen molar-refractivity contribution in [3.05, 3.63) is 149 Å². The summed E-state index contributed by atoms with van der Waals surface area (Å²) in [7, 11) is -2.50. The highest BCUT2D eigenvalue weighted by Gasteiger charge is 2.52. The van der Waals surface area contributed by atoms with Crippen LogP contribution in [0.15, 0.2) is 138 Å². The third-order valence-corrected chi connectivity index (χ3v) is 11.9. The zero-order valence-corrected chi connectivity index (χ0v) is 18.2. The summed E-state index contributed by atoms with van der Waals surface area (Å²) in [5.74, 6) is 0. The van der Waals surface area contributed by atoms with E-state index in [2.05, 4.69) is 133 Å². The van der Waals surface area contributed by atoms with Crippen molar-refractivity contribution in [3.8, 4) is 11.1 Å². The van der Waals surface area contributed by atoms with Gasteiger partial charge in [0, 0.05) is 5.54 Å². The Morgan fingerprint density at radius 1 is 0.548 bits per heavy atom. The first kappa shape index (κ1) is 18.2. The Morgan fingerprint density at radius 3 is 1.52 bits per heavy atom. The molecule has 0 amide bonds. The zero-order chi connectivity index (χ0) is 20.7. The van der Waals surface area contributed by atoms with Crippen LogP contribution in [-0.2, 0) is 0 Å².